The molecule has 5 rings (SSSR count). The highest BCUT2D eigenvalue weighted by Crippen LogP contribution is 2.60. The number of carboxylic acid groups (broad SMARTS) is 1. The van der Waals surface area contributed by atoms with E-state index in [0.717, 1.165) is 19.3 Å². The first kappa shape index (κ1) is 17.9. The molecule has 4 bridgehead atoms. The zero-order valence-electron chi connectivity index (χ0n) is 15.1. The van der Waals surface area contributed by atoms with Crippen LogP contribution in [-0.4, -0.2) is 21.9 Å². The van der Waals surface area contributed by atoms with Crippen LogP contribution in [0.3, 0.4) is 0 Å². The normalized spacial score (nSPS) is 32.1. The van der Waals surface area contributed by atoms with E-state index >= 15 is 0 Å². The number of carbonyl (C=O) groups excluding carboxylic acids is 1. The lowest BCUT2D eigenvalue weighted by Crippen LogP contribution is -2.54. The average molecular weight is 372 g/mol. The Hall–Kier alpha value is -2.44. The molecule has 0 saturated heterocycles. The number of nitro benzene ring substituents is 1. The van der Waals surface area contributed by atoms with Crippen molar-refractivity contribution in [2.75, 3.05) is 0 Å². The summed E-state index contributed by atoms with van der Waals surface area (Å²) in [6.45, 7) is 0. The van der Waals surface area contributed by atoms with E-state index in [2.05, 4.69) is 5.32 Å². The van der Waals surface area contributed by atoms with Gasteiger partial charge in [0, 0.05) is 17.5 Å². The molecule has 2 N–H and O–H groups in total. The summed E-state index contributed by atoms with van der Waals surface area (Å²) in [6.07, 6.45) is 6.03. The summed E-state index contributed by atoms with van der Waals surface area (Å²) in [5.41, 5.74) is -0.0247. The number of benzene rings is 1. The molecular formula is C20H24N2O5. The Morgan fingerprint density at radius 3 is 2.30 bits per heavy atom. The smallest absolute Gasteiger partial charge is 0.305 e. The molecular weight excluding hydrogens is 348 g/mol. The topological polar surface area (TPSA) is 110 Å². The number of rotatable bonds is 6. The molecule has 4 aliphatic carbocycles. The molecule has 0 spiro atoms. The molecule has 144 valence electrons. The molecule has 1 atom stereocenters. The summed E-state index contributed by atoms with van der Waals surface area (Å²) in [5, 5.41) is 23.3. The predicted molar refractivity (Wildman–Crippen MR) is 96.8 cm³/mol. The van der Waals surface area contributed by atoms with Crippen LogP contribution in [0.2, 0.25) is 0 Å². The van der Waals surface area contributed by atoms with Crippen LogP contribution in [0.1, 0.15) is 56.6 Å². The molecule has 4 aliphatic rings. The third-order valence-electron chi connectivity index (χ3n) is 6.69. The van der Waals surface area contributed by atoms with E-state index in [1.165, 1.54) is 37.5 Å². The van der Waals surface area contributed by atoms with Crippen LogP contribution in [0.5, 0.6) is 0 Å². The molecule has 0 heterocycles. The Balaban J connectivity index is 1.57. The molecule has 27 heavy (non-hydrogen) atoms. The van der Waals surface area contributed by atoms with Gasteiger partial charge in [-0.15, -0.1) is 0 Å². The van der Waals surface area contributed by atoms with Gasteiger partial charge in [0.1, 0.15) is 0 Å². The molecule has 7 heteroatoms. The number of nitro groups is 1. The Morgan fingerprint density at radius 1 is 1.19 bits per heavy atom. The molecule has 4 fully saturated rings. The first-order chi connectivity index (χ1) is 12.8. The van der Waals surface area contributed by atoms with Gasteiger partial charge in [0.25, 0.3) is 5.69 Å². The van der Waals surface area contributed by atoms with Gasteiger partial charge in [0.05, 0.1) is 17.4 Å². The number of carboxylic acids is 1. The van der Waals surface area contributed by atoms with Gasteiger partial charge in [0.15, 0.2) is 0 Å². The highest BCUT2D eigenvalue weighted by Gasteiger charge is 2.54. The number of amides is 1. The van der Waals surface area contributed by atoms with Crippen molar-refractivity contribution >= 4 is 17.6 Å². The van der Waals surface area contributed by atoms with Crippen molar-refractivity contribution in [3.8, 4) is 0 Å². The van der Waals surface area contributed by atoms with Gasteiger partial charge in [-0.05, 0) is 61.8 Å². The largest absolute Gasteiger partial charge is 0.481 e. The van der Waals surface area contributed by atoms with Crippen molar-refractivity contribution in [1.82, 2.24) is 5.32 Å². The van der Waals surface area contributed by atoms with Gasteiger partial charge in [-0.1, -0.05) is 12.1 Å². The van der Waals surface area contributed by atoms with Gasteiger partial charge < -0.3 is 10.4 Å². The molecule has 0 aliphatic heterocycles. The lowest BCUT2D eigenvalue weighted by Gasteiger charge is -2.55. The van der Waals surface area contributed by atoms with Gasteiger partial charge in [-0.25, -0.2) is 0 Å². The first-order valence-corrected chi connectivity index (χ1v) is 9.62. The van der Waals surface area contributed by atoms with Crippen molar-refractivity contribution in [2.45, 2.75) is 51.0 Å². The summed E-state index contributed by atoms with van der Waals surface area (Å²) >= 11 is 0. The van der Waals surface area contributed by atoms with Crippen LogP contribution in [0.25, 0.3) is 0 Å². The molecule has 0 aromatic heterocycles. The summed E-state index contributed by atoms with van der Waals surface area (Å²) < 4.78 is 0. The molecule has 1 aromatic rings. The Labute approximate surface area is 157 Å². The maximum atomic E-state index is 13.2. The highest BCUT2D eigenvalue weighted by molar-refractivity contribution is 5.84. The van der Waals surface area contributed by atoms with Crippen LogP contribution in [0.15, 0.2) is 24.3 Å². The van der Waals surface area contributed by atoms with E-state index in [1.54, 1.807) is 6.07 Å². The van der Waals surface area contributed by atoms with Crippen LogP contribution < -0.4 is 5.32 Å². The minimum atomic E-state index is -1.04. The third kappa shape index (κ3) is 3.42. The molecule has 0 unspecified atom stereocenters. The van der Waals surface area contributed by atoms with Crippen LogP contribution >= 0.6 is 0 Å². The summed E-state index contributed by atoms with van der Waals surface area (Å²) in [6, 6.07) is 5.12. The fourth-order valence-corrected chi connectivity index (χ4v) is 5.98. The Kier molecular flexibility index (Phi) is 4.40. The Bertz CT molecular complexity index is 755. The minimum absolute atomic E-state index is 0.0700. The standard InChI is InChI=1S/C20H24N2O5/c23-18(24)8-17(15-2-1-3-16(7-15)22(26)27)21-19(25)20-9-12-4-13(10-20)6-14(5-12)11-20/h1-3,7,12-14,17H,4-6,8-11H2,(H,21,25)(H,23,24)/t12?,13?,14?,17-,20?/m1/s1. The van der Waals surface area contributed by atoms with E-state index < -0.39 is 16.9 Å². The van der Waals surface area contributed by atoms with Crippen molar-refractivity contribution in [3.63, 3.8) is 0 Å². The van der Waals surface area contributed by atoms with Crippen molar-refractivity contribution in [2.24, 2.45) is 23.2 Å². The molecule has 7 nitrogen and oxygen atoms in total. The summed E-state index contributed by atoms with van der Waals surface area (Å²) in [5.74, 6) is 0.713. The third-order valence-corrected chi connectivity index (χ3v) is 6.69. The van der Waals surface area contributed by atoms with Gasteiger partial charge in [-0.2, -0.15) is 0 Å². The minimum Gasteiger partial charge on any atom is -0.481 e. The van der Waals surface area contributed by atoms with Crippen LogP contribution in [0, 0.1) is 33.3 Å². The lowest BCUT2D eigenvalue weighted by atomic mass is 9.49. The first-order valence-electron chi connectivity index (χ1n) is 9.62. The van der Waals surface area contributed by atoms with Gasteiger partial charge >= 0.3 is 5.97 Å². The molecule has 4 saturated carbocycles. The average Bonchev–Trinajstić information content (AvgIpc) is 2.59. The number of nitrogens with zero attached hydrogens (tertiary/aromatic N) is 1. The van der Waals surface area contributed by atoms with Crippen LogP contribution in [0.4, 0.5) is 5.69 Å². The number of nitrogens with one attached hydrogen (secondary N) is 1. The maximum Gasteiger partial charge on any atom is 0.305 e. The molecule has 0 radical (unpaired) electrons. The number of hydrogen-bond acceptors (Lipinski definition) is 4. The maximum absolute atomic E-state index is 13.2. The zero-order chi connectivity index (χ0) is 19.2. The van der Waals surface area contributed by atoms with Crippen LogP contribution in [-0.2, 0) is 9.59 Å². The van der Waals surface area contributed by atoms with Crippen molar-refractivity contribution < 1.29 is 19.6 Å². The highest BCUT2D eigenvalue weighted by atomic mass is 16.6. The number of aliphatic carboxylic acids is 1. The SMILES string of the molecule is O=C(O)C[C@@H](NC(=O)C12CC3CC(CC(C3)C1)C2)c1cccc([N+](=O)[O-])c1. The summed E-state index contributed by atoms with van der Waals surface area (Å²) in [7, 11) is 0. The fraction of sp³-hybridized carbons (Fsp3) is 0.600. The van der Waals surface area contributed by atoms with E-state index in [4.69, 9.17) is 0 Å². The van der Waals surface area contributed by atoms with Crippen molar-refractivity contribution in [1.29, 1.82) is 0 Å². The number of carbonyl (C=O) groups is 2. The van der Waals surface area contributed by atoms with E-state index in [1.807, 2.05) is 0 Å². The predicted octanol–water partition coefficient (Wildman–Crippen LogP) is 3.44. The second-order valence-electron chi connectivity index (χ2n) is 8.67. The van der Waals surface area contributed by atoms with Crippen molar-refractivity contribution in [3.05, 3.63) is 39.9 Å². The summed E-state index contributed by atoms with van der Waals surface area (Å²) in [4.78, 5) is 35.1. The van der Waals surface area contributed by atoms with E-state index in [9.17, 15) is 24.8 Å². The van der Waals surface area contributed by atoms with E-state index in [0.29, 0.717) is 23.3 Å². The zero-order valence-corrected chi connectivity index (χ0v) is 15.1. The van der Waals surface area contributed by atoms with Gasteiger partial charge in [-0.3, -0.25) is 19.7 Å². The quantitative estimate of drug-likeness (QED) is 0.587. The molecule has 1 aromatic carbocycles. The van der Waals surface area contributed by atoms with E-state index in [-0.39, 0.29) is 23.4 Å². The second-order valence-corrected chi connectivity index (χ2v) is 8.67. The lowest BCUT2D eigenvalue weighted by molar-refractivity contribution is -0.384. The number of non-ortho nitro benzene ring substituents is 1. The number of hydrogen-bond donors (Lipinski definition) is 2. The van der Waals surface area contributed by atoms with Gasteiger partial charge in [0.2, 0.25) is 5.91 Å². The fourth-order valence-electron chi connectivity index (χ4n) is 5.98. The monoisotopic (exact) mass is 372 g/mol. The second kappa shape index (κ2) is 6.62. The Morgan fingerprint density at radius 2 is 1.78 bits per heavy atom. The molecule has 1 amide bonds.